The van der Waals surface area contributed by atoms with Crippen molar-refractivity contribution in [3.63, 3.8) is 0 Å². The first-order chi connectivity index (χ1) is 10.8. The number of carbonyl (C=O) groups excluding carboxylic acids is 2. The first kappa shape index (κ1) is 21.4. The van der Waals surface area contributed by atoms with Gasteiger partial charge in [0.05, 0.1) is 13.3 Å². The van der Waals surface area contributed by atoms with Crippen molar-refractivity contribution in [2.75, 3.05) is 48.5 Å². The maximum absolute atomic E-state index is 12.2. The minimum absolute atomic E-state index is 0.0570. The molecule has 0 saturated heterocycles. The molecule has 1 aliphatic carbocycles. The largest absolute Gasteiger partial charge is 0.449 e. The van der Waals surface area contributed by atoms with E-state index in [1.165, 1.54) is 4.90 Å². The van der Waals surface area contributed by atoms with Crippen molar-refractivity contribution in [3.8, 4) is 0 Å². The molecular formula is C17H33N3O3. The van der Waals surface area contributed by atoms with E-state index in [4.69, 9.17) is 4.74 Å². The fourth-order valence-corrected chi connectivity index (χ4v) is 2.46. The van der Waals surface area contributed by atoms with E-state index >= 15 is 0 Å². The van der Waals surface area contributed by atoms with Gasteiger partial charge < -0.3 is 9.64 Å². The molecule has 6 heteroatoms. The molecule has 0 bridgehead atoms. The number of carbonyl (C=O) groups is 2. The Morgan fingerprint density at radius 1 is 1.04 bits per heavy atom. The average molecular weight is 327 g/mol. The number of nitrogens with zero attached hydrogens (tertiary/aromatic N) is 3. The molecule has 0 radical (unpaired) electrons. The van der Waals surface area contributed by atoms with E-state index in [1.54, 1.807) is 26.0 Å². The second-order valence-corrected chi connectivity index (χ2v) is 6.04. The third-order valence-corrected chi connectivity index (χ3v) is 3.55. The molecule has 0 N–H and O–H groups in total. The van der Waals surface area contributed by atoms with Crippen molar-refractivity contribution in [2.24, 2.45) is 11.8 Å². The second-order valence-electron chi connectivity index (χ2n) is 6.04. The van der Waals surface area contributed by atoms with Crippen molar-refractivity contribution in [3.05, 3.63) is 12.2 Å². The van der Waals surface area contributed by atoms with Crippen LogP contribution in [0.2, 0.25) is 0 Å². The van der Waals surface area contributed by atoms with Gasteiger partial charge in [-0.05, 0) is 26.9 Å². The fraction of sp³-hybridized carbons (Fsp3) is 0.765. The maximum Gasteiger partial charge on any atom is 0.410 e. The first-order valence-corrected chi connectivity index (χ1v) is 8.21. The molecule has 1 aliphatic rings. The van der Waals surface area contributed by atoms with E-state index in [-0.39, 0.29) is 30.4 Å². The van der Waals surface area contributed by atoms with E-state index in [0.29, 0.717) is 13.1 Å². The highest BCUT2D eigenvalue weighted by Crippen LogP contribution is 2.27. The third-order valence-electron chi connectivity index (χ3n) is 3.55. The standard InChI is InChI=1S/C15H27N3O3.C2H6/c1-16(2)11-18(5)15(20)21-10-12-8-6-7-9-13(12)14(19)17(3)4;1-2/h6-7,12-13H,8-11H2,1-5H3;1-2H3. The van der Waals surface area contributed by atoms with E-state index in [1.807, 2.05) is 38.9 Å². The molecule has 0 aromatic heterocycles. The van der Waals surface area contributed by atoms with Crippen molar-refractivity contribution >= 4 is 12.0 Å². The van der Waals surface area contributed by atoms with E-state index in [9.17, 15) is 9.59 Å². The van der Waals surface area contributed by atoms with Gasteiger partial charge in [-0.2, -0.15) is 0 Å². The smallest absolute Gasteiger partial charge is 0.410 e. The fourth-order valence-electron chi connectivity index (χ4n) is 2.46. The predicted octanol–water partition coefficient (Wildman–Crippen LogP) is 2.27. The lowest BCUT2D eigenvalue weighted by molar-refractivity contribution is -0.135. The van der Waals surface area contributed by atoms with Crippen LogP contribution < -0.4 is 0 Å². The highest BCUT2D eigenvalue weighted by molar-refractivity contribution is 5.79. The molecule has 2 amide bonds. The Bertz CT molecular complexity index is 395. The van der Waals surface area contributed by atoms with Gasteiger partial charge in [0.1, 0.15) is 0 Å². The first-order valence-electron chi connectivity index (χ1n) is 8.21. The van der Waals surface area contributed by atoms with E-state index < -0.39 is 0 Å². The molecule has 1 rings (SSSR count). The van der Waals surface area contributed by atoms with Crippen molar-refractivity contribution in [1.29, 1.82) is 0 Å². The lowest BCUT2D eigenvalue weighted by Crippen LogP contribution is -2.39. The summed E-state index contributed by atoms with van der Waals surface area (Å²) in [5.41, 5.74) is 0. The van der Waals surface area contributed by atoms with Crippen LogP contribution in [0.3, 0.4) is 0 Å². The molecule has 2 atom stereocenters. The lowest BCUT2D eigenvalue weighted by Gasteiger charge is -2.30. The van der Waals surface area contributed by atoms with Gasteiger partial charge in [0.15, 0.2) is 0 Å². The third kappa shape index (κ3) is 7.50. The van der Waals surface area contributed by atoms with Crippen LogP contribution in [0.15, 0.2) is 12.2 Å². The molecule has 23 heavy (non-hydrogen) atoms. The van der Waals surface area contributed by atoms with Crippen LogP contribution in [0.4, 0.5) is 4.79 Å². The van der Waals surface area contributed by atoms with Gasteiger partial charge in [0.25, 0.3) is 0 Å². The summed E-state index contributed by atoms with van der Waals surface area (Å²) in [6.45, 7) is 4.79. The van der Waals surface area contributed by atoms with Crippen LogP contribution >= 0.6 is 0 Å². The van der Waals surface area contributed by atoms with Gasteiger partial charge in [-0.25, -0.2) is 4.79 Å². The summed E-state index contributed by atoms with van der Waals surface area (Å²) in [7, 11) is 9.00. The second kappa shape index (κ2) is 11.0. The summed E-state index contributed by atoms with van der Waals surface area (Å²) in [5.74, 6) is 0.0561. The van der Waals surface area contributed by atoms with Crippen LogP contribution in [-0.4, -0.2) is 75.2 Å². The summed E-state index contributed by atoms with van der Waals surface area (Å²) in [6, 6.07) is 0. The Hall–Kier alpha value is -1.56. The molecule has 6 nitrogen and oxygen atoms in total. The Kier molecular flexibility index (Phi) is 10.3. The Balaban J connectivity index is 0.00000232. The molecule has 0 aliphatic heterocycles. The van der Waals surface area contributed by atoms with Gasteiger partial charge >= 0.3 is 6.09 Å². The molecule has 134 valence electrons. The Morgan fingerprint density at radius 3 is 2.13 bits per heavy atom. The molecule has 0 saturated carbocycles. The quantitative estimate of drug-likeness (QED) is 0.574. The summed E-state index contributed by atoms with van der Waals surface area (Å²) in [6.07, 6.45) is 5.22. The van der Waals surface area contributed by atoms with Crippen LogP contribution in [0, 0.1) is 11.8 Å². The minimum atomic E-state index is -0.352. The van der Waals surface area contributed by atoms with Crippen molar-refractivity contribution in [1.82, 2.24) is 14.7 Å². The lowest BCUT2D eigenvalue weighted by atomic mass is 9.82. The summed E-state index contributed by atoms with van der Waals surface area (Å²) >= 11 is 0. The molecule has 0 spiro atoms. The van der Waals surface area contributed by atoms with Gasteiger partial charge in [-0.1, -0.05) is 26.0 Å². The van der Waals surface area contributed by atoms with E-state index in [0.717, 1.165) is 6.42 Å². The molecule has 0 heterocycles. The summed E-state index contributed by atoms with van der Waals surface area (Å²) in [5, 5.41) is 0. The topological polar surface area (TPSA) is 53.1 Å². The summed E-state index contributed by atoms with van der Waals surface area (Å²) in [4.78, 5) is 29.1. The number of hydrogen-bond donors (Lipinski definition) is 0. The number of amides is 2. The zero-order chi connectivity index (χ0) is 18.0. The number of ether oxygens (including phenoxy) is 1. The zero-order valence-corrected chi connectivity index (χ0v) is 15.7. The highest BCUT2D eigenvalue weighted by atomic mass is 16.6. The Morgan fingerprint density at radius 2 is 1.61 bits per heavy atom. The van der Waals surface area contributed by atoms with Crippen LogP contribution in [-0.2, 0) is 9.53 Å². The SMILES string of the molecule is CC.CN(C)CN(C)C(=O)OCC1CC=CCC1C(=O)N(C)C. The van der Waals surface area contributed by atoms with Gasteiger partial charge in [-0.3, -0.25) is 14.6 Å². The normalized spacial score (nSPS) is 19.7. The van der Waals surface area contributed by atoms with E-state index in [2.05, 4.69) is 6.08 Å². The maximum atomic E-state index is 12.2. The summed E-state index contributed by atoms with van der Waals surface area (Å²) < 4.78 is 5.36. The van der Waals surface area contributed by atoms with Gasteiger partial charge in [-0.15, -0.1) is 0 Å². The van der Waals surface area contributed by atoms with Crippen molar-refractivity contribution < 1.29 is 14.3 Å². The molecule has 0 fully saturated rings. The average Bonchev–Trinajstić information content (AvgIpc) is 2.53. The molecule has 0 aromatic rings. The molecule has 0 aromatic carbocycles. The van der Waals surface area contributed by atoms with Gasteiger partial charge in [0, 0.05) is 33.0 Å². The van der Waals surface area contributed by atoms with Crippen molar-refractivity contribution in [2.45, 2.75) is 26.7 Å². The van der Waals surface area contributed by atoms with Crippen LogP contribution in [0.25, 0.3) is 0 Å². The van der Waals surface area contributed by atoms with Crippen LogP contribution in [0.1, 0.15) is 26.7 Å². The predicted molar refractivity (Wildman–Crippen MR) is 93.1 cm³/mol. The number of allylic oxidation sites excluding steroid dienone is 2. The van der Waals surface area contributed by atoms with Crippen LogP contribution in [0.5, 0.6) is 0 Å². The molecule has 2 unspecified atom stereocenters. The zero-order valence-electron chi connectivity index (χ0n) is 15.7. The minimum Gasteiger partial charge on any atom is -0.449 e. The highest BCUT2D eigenvalue weighted by Gasteiger charge is 2.31. The molecular weight excluding hydrogens is 294 g/mol. The van der Waals surface area contributed by atoms with Gasteiger partial charge in [0.2, 0.25) is 5.91 Å². The monoisotopic (exact) mass is 327 g/mol. The number of hydrogen-bond acceptors (Lipinski definition) is 4. The number of rotatable bonds is 5. The Labute approximate surface area is 141 Å².